The first-order valence-electron chi connectivity index (χ1n) is 7.66. The summed E-state index contributed by atoms with van der Waals surface area (Å²) < 4.78 is 5.09. The minimum absolute atomic E-state index is 0.0403. The van der Waals surface area contributed by atoms with Crippen molar-refractivity contribution in [3.8, 4) is 17.0 Å². The SMILES string of the molecule is COc1ccc(-c2cccc([C@]3(C)CC(=O)N(C)C(N)=N3)c2)cn1. The molecule has 2 N–H and O–H groups in total. The fraction of sp³-hybridized carbons (Fsp3) is 0.278. The predicted molar refractivity (Wildman–Crippen MR) is 92.6 cm³/mol. The molecule has 124 valence electrons. The molecule has 2 aromatic rings. The number of benzene rings is 1. The number of hydrogen-bond donors (Lipinski definition) is 1. The predicted octanol–water partition coefficient (Wildman–Crippen LogP) is 2.15. The van der Waals surface area contributed by atoms with Gasteiger partial charge in [0.1, 0.15) is 0 Å². The lowest BCUT2D eigenvalue weighted by molar-refractivity contribution is -0.128. The van der Waals surface area contributed by atoms with Crippen LogP contribution in [0.15, 0.2) is 47.6 Å². The molecule has 0 spiro atoms. The highest BCUT2D eigenvalue weighted by Gasteiger charge is 2.36. The number of pyridine rings is 1. The van der Waals surface area contributed by atoms with Crippen LogP contribution in [0.4, 0.5) is 0 Å². The van der Waals surface area contributed by atoms with Crippen molar-refractivity contribution >= 4 is 11.9 Å². The Labute approximate surface area is 141 Å². The van der Waals surface area contributed by atoms with Crippen molar-refractivity contribution in [2.24, 2.45) is 10.7 Å². The Morgan fingerprint density at radius 1 is 1.25 bits per heavy atom. The molecule has 0 bridgehead atoms. The zero-order chi connectivity index (χ0) is 17.3. The number of guanidine groups is 1. The Morgan fingerprint density at radius 2 is 2.04 bits per heavy atom. The van der Waals surface area contributed by atoms with Gasteiger partial charge in [0.05, 0.1) is 19.1 Å². The van der Waals surface area contributed by atoms with Crippen LogP contribution in [0.3, 0.4) is 0 Å². The number of aliphatic imine (C=N–C) groups is 1. The van der Waals surface area contributed by atoms with Gasteiger partial charge in [-0.1, -0.05) is 18.2 Å². The van der Waals surface area contributed by atoms with Crippen LogP contribution >= 0.6 is 0 Å². The summed E-state index contributed by atoms with van der Waals surface area (Å²) in [5, 5.41) is 0. The minimum atomic E-state index is -0.663. The fourth-order valence-corrected chi connectivity index (χ4v) is 2.78. The molecule has 6 heteroatoms. The molecule has 1 aromatic carbocycles. The van der Waals surface area contributed by atoms with Gasteiger partial charge in [0.15, 0.2) is 5.96 Å². The van der Waals surface area contributed by atoms with Crippen molar-refractivity contribution in [1.29, 1.82) is 0 Å². The lowest BCUT2D eigenvalue weighted by Crippen LogP contribution is -2.47. The van der Waals surface area contributed by atoms with E-state index in [9.17, 15) is 4.79 Å². The molecule has 6 nitrogen and oxygen atoms in total. The van der Waals surface area contributed by atoms with Gasteiger partial charge in [0, 0.05) is 24.9 Å². The number of amides is 1. The number of aromatic nitrogens is 1. The second-order valence-electron chi connectivity index (χ2n) is 6.04. The van der Waals surface area contributed by atoms with E-state index in [0.717, 1.165) is 16.7 Å². The largest absolute Gasteiger partial charge is 0.481 e. The van der Waals surface area contributed by atoms with Gasteiger partial charge in [-0.15, -0.1) is 0 Å². The fourth-order valence-electron chi connectivity index (χ4n) is 2.78. The van der Waals surface area contributed by atoms with E-state index in [0.29, 0.717) is 5.88 Å². The van der Waals surface area contributed by atoms with Crippen LogP contribution in [0.5, 0.6) is 5.88 Å². The number of ether oxygens (including phenoxy) is 1. The Bertz CT molecular complexity index is 801. The molecule has 0 saturated carbocycles. The lowest BCUT2D eigenvalue weighted by Gasteiger charge is -2.33. The number of hydrogen-bond acceptors (Lipinski definition) is 5. The zero-order valence-corrected chi connectivity index (χ0v) is 14.0. The first-order chi connectivity index (χ1) is 11.4. The molecule has 1 aromatic heterocycles. The molecule has 1 atom stereocenters. The van der Waals surface area contributed by atoms with Gasteiger partial charge in [-0.3, -0.25) is 9.69 Å². The number of carbonyl (C=O) groups excluding carboxylic acids is 1. The average molecular weight is 324 g/mol. The first kappa shape index (κ1) is 16.0. The van der Waals surface area contributed by atoms with E-state index in [-0.39, 0.29) is 18.3 Å². The molecule has 0 fully saturated rings. The van der Waals surface area contributed by atoms with Gasteiger partial charge in [0.25, 0.3) is 0 Å². The number of carbonyl (C=O) groups is 1. The summed E-state index contributed by atoms with van der Waals surface area (Å²) in [5.74, 6) is 0.770. The van der Waals surface area contributed by atoms with Gasteiger partial charge < -0.3 is 10.5 Å². The average Bonchev–Trinajstić information content (AvgIpc) is 2.60. The van der Waals surface area contributed by atoms with Crippen molar-refractivity contribution in [1.82, 2.24) is 9.88 Å². The summed E-state index contributed by atoms with van der Waals surface area (Å²) in [6.45, 7) is 1.93. The standard InChI is InChI=1S/C18H20N4O2/c1-18(10-16(23)22(2)17(19)21-18)14-6-4-5-12(9-14)13-7-8-15(24-3)20-11-13/h4-9,11H,10H2,1-3H3,(H2,19,21)/t18-/m0/s1. The van der Waals surface area contributed by atoms with E-state index >= 15 is 0 Å². The molecule has 0 aliphatic carbocycles. The third kappa shape index (κ3) is 2.82. The van der Waals surface area contributed by atoms with E-state index in [1.165, 1.54) is 4.90 Å². The van der Waals surface area contributed by atoms with Crippen molar-refractivity contribution < 1.29 is 9.53 Å². The maximum absolute atomic E-state index is 12.2. The van der Waals surface area contributed by atoms with E-state index in [2.05, 4.69) is 9.98 Å². The second kappa shape index (κ2) is 5.96. The molecule has 1 aliphatic heterocycles. The monoisotopic (exact) mass is 324 g/mol. The number of nitrogens with zero attached hydrogens (tertiary/aromatic N) is 3. The quantitative estimate of drug-likeness (QED) is 0.938. The number of methoxy groups -OCH3 is 1. The zero-order valence-electron chi connectivity index (χ0n) is 14.0. The third-order valence-corrected chi connectivity index (χ3v) is 4.34. The van der Waals surface area contributed by atoms with Gasteiger partial charge in [-0.25, -0.2) is 9.98 Å². The molecule has 24 heavy (non-hydrogen) atoms. The lowest BCUT2D eigenvalue weighted by atomic mass is 9.86. The molecule has 0 unspecified atom stereocenters. The van der Waals surface area contributed by atoms with Crippen LogP contribution in [0, 0.1) is 0 Å². The van der Waals surface area contributed by atoms with Crippen LogP contribution in [0.1, 0.15) is 18.9 Å². The minimum Gasteiger partial charge on any atom is -0.481 e. The van der Waals surface area contributed by atoms with Crippen LogP contribution in [-0.2, 0) is 10.3 Å². The summed E-state index contributed by atoms with van der Waals surface area (Å²) in [7, 11) is 3.23. The van der Waals surface area contributed by atoms with E-state index in [1.54, 1.807) is 20.4 Å². The molecule has 3 rings (SSSR count). The molecule has 1 amide bonds. The van der Waals surface area contributed by atoms with Crippen LogP contribution in [-0.4, -0.2) is 35.9 Å². The molecule has 1 aliphatic rings. The Morgan fingerprint density at radius 3 is 2.67 bits per heavy atom. The van der Waals surface area contributed by atoms with Crippen LogP contribution in [0.25, 0.3) is 11.1 Å². The smallest absolute Gasteiger partial charge is 0.231 e. The number of nitrogens with two attached hydrogens (primary N) is 1. The molecular formula is C18H20N4O2. The summed E-state index contributed by atoms with van der Waals surface area (Å²) in [6.07, 6.45) is 2.05. The Balaban J connectivity index is 1.99. The topological polar surface area (TPSA) is 80.8 Å². The summed E-state index contributed by atoms with van der Waals surface area (Å²) in [6, 6.07) is 11.7. The summed E-state index contributed by atoms with van der Waals surface area (Å²) in [4.78, 5) is 22.3. The number of rotatable bonds is 3. The third-order valence-electron chi connectivity index (χ3n) is 4.34. The van der Waals surface area contributed by atoms with Gasteiger partial charge >= 0.3 is 0 Å². The summed E-state index contributed by atoms with van der Waals surface area (Å²) in [5.41, 5.74) is 8.15. The normalized spacial score (nSPS) is 20.7. The molecular weight excluding hydrogens is 304 g/mol. The molecule has 2 heterocycles. The van der Waals surface area contributed by atoms with E-state index in [4.69, 9.17) is 10.5 Å². The van der Waals surface area contributed by atoms with Crippen LogP contribution < -0.4 is 10.5 Å². The highest BCUT2D eigenvalue weighted by atomic mass is 16.5. The molecule has 0 radical (unpaired) electrons. The first-order valence-corrected chi connectivity index (χ1v) is 7.66. The van der Waals surface area contributed by atoms with Crippen molar-refractivity contribution in [3.05, 3.63) is 48.2 Å². The van der Waals surface area contributed by atoms with Crippen molar-refractivity contribution in [3.63, 3.8) is 0 Å². The van der Waals surface area contributed by atoms with E-state index < -0.39 is 5.54 Å². The maximum Gasteiger partial charge on any atom is 0.231 e. The van der Waals surface area contributed by atoms with Gasteiger partial charge in [-0.05, 0) is 30.2 Å². The van der Waals surface area contributed by atoms with Crippen LogP contribution in [0.2, 0.25) is 0 Å². The van der Waals surface area contributed by atoms with Gasteiger partial charge in [0.2, 0.25) is 11.8 Å². The molecule has 0 saturated heterocycles. The van der Waals surface area contributed by atoms with Gasteiger partial charge in [-0.2, -0.15) is 0 Å². The van der Waals surface area contributed by atoms with E-state index in [1.807, 2.05) is 43.3 Å². The van der Waals surface area contributed by atoms with Crippen molar-refractivity contribution in [2.75, 3.05) is 14.2 Å². The Hall–Kier alpha value is -2.89. The Kier molecular flexibility index (Phi) is 3.97. The second-order valence-corrected chi connectivity index (χ2v) is 6.04. The summed E-state index contributed by atoms with van der Waals surface area (Å²) >= 11 is 0. The van der Waals surface area contributed by atoms with Crippen molar-refractivity contribution in [2.45, 2.75) is 18.9 Å². The highest BCUT2D eigenvalue weighted by Crippen LogP contribution is 2.34. The maximum atomic E-state index is 12.2. The highest BCUT2D eigenvalue weighted by molar-refractivity contribution is 5.98.